The fourth-order valence-corrected chi connectivity index (χ4v) is 7.76. The summed E-state index contributed by atoms with van der Waals surface area (Å²) in [6.45, 7) is 10.2. The van der Waals surface area contributed by atoms with Crippen LogP contribution in [-0.2, 0) is 0 Å². The van der Waals surface area contributed by atoms with Crippen LogP contribution >= 0.6 is 23.2 Å². The summed E-state index contributed by atoms with van der Waals surface area (Å²) < 4.78 is 16.0. The van der Waals surface area contributed by atoms with Gasteiger partial charge in [-0.3, -0.25) is 14.7 Å². The normalized spacial score (nSPS) is 16.4. The van der Waals surface area contributed by atoms with E-state index < -0.39 is 11.9 Å². The Labute approximate surface area is 318 Å². The van der Waals surface area contributed by atoms with Crippen LogP contribution in [0.2, 0.25) is 10.0 Å². The number of nitriles is 1. The Balaban J connectivity index is 1.27. The van der Waals surface area contributed by atoms with E-state index in [1.54, 1.807) is 12.1 Å². The molecule has 0 radical (unpaired) electrons. The van der Waals surface area contributed by atoms with Crippen molar-refractivity contribution in [3.05, 3.63) is 105 Å². The zero-order valence-corrected chi connectivity index (χ0v) is 31.6. The van der Waals surface area contributed by atoms with Gasteiger partial charge in [-0.15, -0.1) is 5.10 Å². The van der Waals surface area contributed by atoms with Crippen molar-refractivity contribution in [3.63, 3.8) is 0 Å². The lowest BCUT2D eigenvalue weighted by atomic mass is 9.98. The number of carbonyl (C=O) groups is 1. The summed E-state index contributed by atoms with van der Waals surface area (Å²) in [5, 5.41) is 27.1. The summed E-state index contributed by atoms with van der Waals surface area (Å²) in [6, 6.07) is 17.5. The fourth-order valence-electron chi connectivity index (χ4n) is 7.31. The minimum Gasteiger partial charge on any atom is -0.373 e. The molecule has 4 heterocycles. The lowest BCUT2D eigenvalue weighted by Crippen LogP contribution is -2.46. The number of amides is 1. The van der Waals surface area contributed by atoms with Crippen molar-refractivity contribution in [2.75, 3.05) is 36.8 Å². The van der Waals surface area contributed by atoms with Crippen LogP contribution in [0, 0.1) is 17.1 Å². The van der Waals surface area contributed by atoms with Crippen molar-refractivity contribution in [1.82, 2.24) is 29.8 Å². The first kappa shape index (κ1) is 36.6. The molecule has 1 atom stereocenters. The molecule has 2 aliphatic heterocycles. The van der Waals surface area contributed by atoms with Crippen LogP contribution in [0.5, 0.6) is 0 Å². The van der Waals surface area contributed by atoms with Crippen LogP contribution in [0.1, 0.15) is 92.1 Å². The van der Waals surface area contributed by atoms with Gasteiger partial charge in [0.1, 0.15) is 17.6 Å². The van der Waals surface area contributed by atoms with E-state index in [0.717, 1.165) is 63.8 Å². The molecule has 2 fully saturated rings. The third-order valence-electron chi connectivity index (χ3n) is 10.3. The van der Waals surface area contributed by atoms with E-state index in [2.05, 4.69) is 52.6 Å². The maximum atomic E-state index is 14.0. The van der Waals surface area contributed by atoms with Gasteiger partial charge >= 0.3 is 0 Å². The lowest BCUT2D eigenvalue weighted by molar-refractivity contribution is 0.0724. The van der Waals surface area contributed by atoms with Crippen molar-refractivity contribution in [2.45, 2.75) is 70.5 Å². The number of pyridine rings is 1. The molecule has 274 valence electrons. The van der Waals surface area contributed by atoms with Gasteiger partial charge in [0, 0.05) is 60.2 Å². The SMILES string of the molecule is CC(C)(C)N1CCC(n2cc([C@@H](Nc3cc(Cl)c4ncc(C#N)c(Nc5ccc(F)c(Cl)c5)c4c3)c3cccc(C(=O)N4CCCCC4)c3)nn2)CC1. The highest BCUT2D eigenvalue weighted by Crippen LogP contribution is 2.38. The van der Waals surface area contributed by atoms with Crippen molar-refractivity contribution in [2.24, 2.45) is 0 Å². The lowest BCUT2D eigenvalue weighted by Gasteiger charge is -2.40. The molecule has 0 bridgehead atoms. The van der Waals surface area contributed by atoms with Gasteiger partial charge in [-0.1, -0.05) is 40.5 Å². The summed E-state index contributed by atoms with van der Waals surface area (Å²) >= 11 is 13.0. The molecule has 1 amide bonds. The number of nitrogens with zero attached hydrogens (tertiary/aromatic N) is 7. The van der Waals surface area contributed by atoms with Gasteiger partial charge in [-0.2, -0.15) is 5.26 Å². The van der Waals surface area contributed by atoms with Crippen molar-refractivity contribution in [1.29, 1.82) is 5.26 Å². The molecule has 2 N–H and O–H groups in total. The quantitative estimate of drug-likeness (QED) is 0.161. The monoisotopic (exact) mass is 753 g/mol. The van der Waals surface area contributed by atoms with E-state index in [9.17, 15) is 14.4 Å². The average Bonchev–Trinajstić information content (AvgIpc) is 3.65. The Bertz CT molecular complexity index is 2180. The Morgan fingerprint density at radius 1 is 0.981 bits per heavy atom. The third-order valence-corrected chi connectivity index (χ3v) is 10.8. The van der Waals surface area contributed by atoms with Crippen LogP contribution in [0.3, 0.4) is 0 Å². The smallest absolute Gasteiger partial charge is 0.253 e. The Kier molecular flexibility index (Phi) is 10.6. The Morgan fingerprint density at radius 3 is 2.45 bits per heavy atom. The minimum atomic E-state index is -0.549. The summed E-state index contributed by atoms with van der Waals surface area (Å²) in [6.07, 6.45) is 8.51. The molecular weight excluding hydrogens is 712 g/mol. The predicted octanol–water partition coefficient (Wildman–Crippen LogP) is 9.15. The molecule has 5 aromatic rings. The number of likely N-dealkylation sites (tertiary alicyclic amines) is 2. The number of fused-ring (bicyclic) bond motifs is 1. The summed E-state index contributed by atoms with van der Waals surface area (Å²) in [7, 11) is 0. The topological polar surface area (TPSA) is 115 Å². The first-order valence-electron chi connectivity index (χ1n) is 18.1. The van der Waals surface area contributed by atoms with Crippen LogP contribution in [0.15, 0.2) is 67.0 Å². The second-order valence-corrected chi connectivity index (χ2v) is 15.6. The molecule has 0 aliphatic carbocycles. The molecule has 2 aromatic heterocycles. The number of aromatic nitrogens is 4. The van der Waals surface area contributed by atoms with Crippen LogP contribution < -0.4 is 10.6 Å². The number of anilines is 3. The molecule has 2 aliphatic rings. The first-order chi connectivity index (χ1) is 25.5. The molecular formula is C40H42Cl2FN9O. The number of carbonyl (C=O) groups excluding carboxylic acids is 1. The van der Waals surface area contributed by atoms with Gasteiger partial charge in [-0.25, -0.2) is 9.07 Å². The zero-order chi connectivity index (χ0) is 37.3. The molecule has 0 spiro atoms. The molecule has 3 aromatic carbocycles. The van der Waals surface area contributed by atoms with Crippen LogP contribution in [-0.4, -0.2) is 67.4 Å². The van der Waals surface area contributed by atoms with E-state index in [-0.39, 0.29) is 28.1 Å². The fraction of sp³-hybridized carbons (Fsp3) is 0.375. The standard InChI is InChI=1S/C40H42Cl2FN9O/c1-40(2,3)51-16-12-30(13-17-51)52-24-35(48-49-52)37(25-8-7-9-26(18-25)39(53)50-14-5-4-6-15-50)47-29-19-31-36(46-28-10-11-34(43)32(41)20-28)27(22-44)23-45-38(31)33(42)21-29/h7-11,18-21,23-24,30,37,47H,4-6,12-17H2,1-3H3,(H,45,46)/t37-/m0/s1. The largest absolute Gasteiger partial charge is 0.373 e. The molecule has 0 saturated carbocycles. The highest BCUT2D eigenvalue weighted by Gasteiger charge is 2.30. The second-order valence-electron chi connectivity index (χ2n) is 14.8. The molecule has 2 saturated heterocycles. The average molecular weight is 755 g/mol. The van der Waals surface area contributed by atoms with Crippen molar-refractivity contribution < 1.29 is 9.18 Å². The molecule has 13 heteroatoms. The number of hydrogen-bond acceptors (Lipinski definition) is 8. The van der Waals surface area contributed by atoms with Gasteiger partial charge in [0.25, 0.3) is 5.91 Å². The summed E-state index contributed by atoms with van der Waals surface area (Å²) in [4.78, 5) is 22.6. The summed E-state index contributed by atoms with van der Waals surface area (Å²) in [5.41, 5.74) is 4.56. The number of hydrogen-bond donors (Lipinski definition) is 2. The van der Waals surface area contributed by atoms with E-state index >= 15 is 0 Å². The van der Waals surface area contributed by atoms with Crippen molar-refractivity contribution in [3.8, 4) is 6.07 Å². The molecule has 7 rings (SSSR count). The van der Waals surface area contributed by atoms with Gasteiger partial charge in [0.2, 0.25) is 0 Å². The van der Waals surface area contributed by atoms with Gasteiger partial charge in [0.05, 0.1) is 45.1 Å². The van der Waals surface area contributed by atoms with E-state index in [1.165, 1.54) is 18.3 Å². The number of rotatable bonds is 8. The number of halogens is 3. The second kappa shape index (κ2) is 15.3. The summed E-state index contributed by atoms with van der Waals surface area (Å²) in [5.74, 6) is -0.535. The highest BCUT2D eigenvalue weighted by molar-refractivity contribution is 6.36. The van der Waals surface area contributed by atoms with Crippen molar-refractivity contribution >= 4 is 57.1 Å². The minimum absolute atomic E-state index is 0.0139. The maximum absolute atomic E-state index is 14.0. The van der Waals surface area contributed by atoms with Crippen LogP contribution in [0.4, 0.5) is 21.5 Å². The molecule has 0 unspecified atom stereocenters. The predicted molar refractivity (Wildman–Crippen MR) is 207 cm³/mol. The Hall–Kier alpha value is -4.76. The van der Waals surface area contributed by atoms with Crippen LogP contribution in [0.25, 0.3) is 10.9 Å². The number of benzene rings is 3. The molecule has 53 heavy (non-hydrogen) atoms. The van der Waals surface area contributed by atoms with E-state index in [0.29, 0.717) is 44.2 Å². The number of piperidine rings is 2. The van der Waals surface area contributed by atoms with E-state index in [4.69, 9.17) is 28.3 Å². The highest BCUT2D eigenvalue weighted by atomic mass is 35.5. The zero-order valence-electron chi connectivity index (χ0n) is 30.0. The van der Waals surface area contributed by atoms with Gasteiger partial charge in [-0.05, 0) is 101 Å². The number of nitrogens with one attached hydrogen (secondary N) is 2. The van der Waals surface area contributed by atoms with Gasteiger partial charge in [0.15, 0.2) is 0 Å². The maximum Gasteiger partial charge on any atom is 0.253 e. The first-order valence-corrected chi connectivity index (χ1v) is 18.8. The van der Waals surface area contributed by atoms with E-state index in [1.807, 2.05) is 46.1 Å². The Morgan fingerprint density at radius 2 is 1.74 bits per heavy atom. The van der Waals surface area contributed by atoms with Gasteiger partial charge < -0.3 is 15.5 Å². The third kappa shape index (κ3) is 7.96. The molecule has 10 nitrogen and oxygen atoms in total.